The number of amides is 1. The average molecular weight is 1330 g/mol. The van der Waals surface area contributed by atoms with Crippen LogP contribution in [0.1, 0.15) is 252 Å². The Kier molecular flexibility index (Phi) is 52.9. The van der Waals surface area contributed by atoms with E-state index in [1.807, 2.05) is 0 Å². The maximum Gasteiger partial charge on any atom is 0.470 e. The molecular formula is C66H129NO21P2. The summed E-state index contributed by atoms with van der Waals surface area (Å²) >= 11 is 0. The van der Waals surface area contributed by atoms with Gasteiger partial charge in [0.25, 0.3) is 0 Å². The molecule has 2 saturated heterocycles. The number of methoxy groups -OCH3 is 2. The van der Waals surface area contributed by atoms with Crippen molar-refractivity contribution in [1.82, 2.24) is 5.32 Å². The first kappa shape index (κ1) is 85.0. The lowest BCUT2D eigenvalue weighted by molar-refractivity contribution is -0.332. The maximum atomic E-state index is 14.2. The third-order valence-corrected chi connectivity index (χ3v) is 17.5. The third-order valence-electron chi connectivity index (χ3n) is 16.5. The zero-order chi connectivity index (χ0) is 65.8. The molecule has 22 nitrogen and oxygen atoms in total. The van der Waals surface area contributed by atoms with Gasteiger partial charge in [0.05, 0.1) is 59.0 Å². The molecular weight excluding hydrogens is 1200 g/mol. The molecule has 2 aliphatic rings. The molecule has 2 fully saturated rings. The van der Waals surface area contributed by atoms with Crippen molar-refractivity contribution in [2.24, 2.45) is 0 Å². The van der Waals surface area contributed by atoms with Crippen molar-refractivity contribution < 1.29 is 99.8 Å². The summed E-state index contributed by atoms with van der Waals surface area (Å²) in [5.74, 6) is -0.376. The molecule has 0 radical (unpaired) electrons. The molecule has 0 aromatic rings. The SMILES string of the molecule is CCCCCCCC/C=C/CCCCCCCC(=O)N[C@H]1[C@H](OC[C@H]2O[C@H](OCCOP(=O)(O)O)[C@H](OCCOCCCCCCCCC)[C@@H](OCCOCCCCCCCCC)[C@@H]2O)O[C@H](COC)[C@@H](OP(=O)(O)O)[C@@H]1OCC[C@@H](CCCCCCC)OC. The van der Waals surface area contributed by atoms with Crippen molar-refractivity contribution in [2.45, 2.75) is 320 Å². The molecule has 1 amide bonds. The highest BCUT2D eigenvalue weighted by molar-refractivity contribution is 7.46. The molecule has 6 N–H and O–H groups in total. The van der Waals surface area contributed by atoms with Crippen LogP contribution in [0.2, 0.25) is 0 Å². The molecule has 0 saturated carbocycles. The highest BCUT2D eigenvalue weighted by Crippen LogP contribution is 2.43. The lowest BCUT2D eigenvalue weighted by atomic mass is 9.95. The molecule has 2 rings (SSSR count). The Morgan fingerprint density at radius 1 is 0.467 bits per heavy atom. The van der Waals surface area contributed by atoms with E-state index in [1.165, 1.54) is 97.0 Å². The minimum Gasteiger partial charge on any atom is -0.387 e. The number of ether oxygens (including phenoxy) is 11. The monoisotopic (exact) mass is 1330 g/mol. The number of phosphoric acid groups is 2. The predicted molar refractivity (Wildman–Crippen MR) is 349 cm³/mol. The highest BCUT2D eigenvalue weighted by atomic mass is 31.2. The second-order valence-electron chi connectivity index (χ2n) is 24.4. The minimum atomic E-state index is -5.23. The number of aliphatic hydroxyl groups is 1. The molecule has 0 bridgehead atoms. The lowest BCUT2D eigenvalue weighted by Gasteiger charge is -2.47. The van der Waals surface area contributed by atoms with Gasteiger partial charge in [-0.3, -0.25) is 13.8 Å². The van der Waals surface area contributed by atoms with Gasteiger partial charge in [0.2, 0.25) is 5.91 Å². The summed E-state index contributed by atoms with van der Waals surface area (Å²) in [5, 5.41) is 15.4. The van der Waals surface area contributed by atoms with E-state index in [0.717, 1.165) is 116 Å². The zero-order valence-electron chi connectivity index (χ0n) is 56.7. The van der Waals surface area contributed by atoms with Crippen LogP contribution in [0.25, 0.3) is 0 Å². The van der Waals surface area contributed by atoms with Gasteiger partial charge in [0, 0.05) is 40.5 Å². The number of carbonyl (C=O) groups is 1. The summed E-state index contributed by atoms with van der Waals surface area (Å²) in [6.07, 6.45) is 29.5. The number of phosphoric ester groups is 2. The zero-order valence-corrected chi connectivity index (χ0v) is 58.5. The van der Waals surface area contributed by atoms with Crippen molar-refractivity contribution in [2.75, 3.05) is 86.9 Å². The van der Waals surface area contributed by atoms with Crippen molar-refractivity contribution >= 4 is 21.6 Å². The molecule has 0 spiro atoms. The number of nitrogens with one attached hydrogen (secondary N) is 1. The smallest absolute Gasteiger partial charge is 0.387 e. The summed E-state index contributed by atoms with van der Waals surface area (Å²) in [7, 11) is -7.07. The van der Waals surface area contributed by atoms with Crippen LogP contribution in [-0.2, 0) is 75.1 Å². The van der Waals surface area contributed by atoms with E-state index in [9.17, 15) is 38.6 Å². The largest absolute Gasteiger partial charge is 0.470 e. The number of hydrogen-bond acceptors (Lipinski definition) is 17. The molecule has 534 valence electrons. The maximum absolute atomic E-state index is 14.2. The van der Waals surface area contributed by atoms with Gasteiger partial charge in [-0.1, -0.05) is 200 Å². The lowest BCUT2D eigenvalue weighted by Crippen LogP contribution is -2.67. The molecule has 0 aliphatic carbocycles. The fourth-order valence-corrected chi connectivity index (χ4v) is 12.2. The van der Waals surface area contributed by atoms with Gasteiger partial charge in [0.1, 0.15) is 48.8 Å². The topological polar surface area (TPSA) is 284 Å². The van der Waals surface area contributed by atoms with E-state index < -0.39 is 90.2 Å². The first-order chi connectivity index (χ1) is 43.6. The summed E-state index contributed by atoms with van der Waals surface area (Å²) in [6.45, 7) is 8.89. The van der Waals surface area contributed by atoms with Gasteiger partial charge in [0.15, 0.2) is 12.6 Å². The van der Waals surface area contributed by atoms with Crippen molar-refractivity contribution in [1.29, 1.82) is 0 Å². The highest BCUT2D eigenvalue weighted by Gasteiger charge is 2.53. The van der Waals surface area contributed by atoms with Gasteiger partial charge in [-0.25, -0.2) is 9.13 Å². The second-order valence-corrected chi connectivity index (χ2v) is 26.8. The van der Waals surface area contributed by atoms with E-state index in [2.05, 4.69) is 45.2 Å². The van der Waals surface area contributed by atoms with Gasteiger partial charge in [-0.05, 0) is 57.8 Å². The van der Waals surface area contributed by atoms with E-state index in [4.69, 9.17) is 61.2 Å². The summed E-state index contributed by atoms with van der Waals surface area (Å²) in [4.78, 5) is 53.9. The number of rotatable bonds is 63. The summed E-state index contributed by atoms with van der Waals surface area (Å²) < 4.78 is 103. The van der Waals surface area contributed by atoms with Gasteiger partial charge in [-0.15, -0.1) is 0 Å². The third kappa shape index (κ3) is 43.2. The molecule has 0 aromatic carbocycles. The molecule has 90 heavy (non-hydrogen) atoms. The van der Waals surface area contributed by atoms with Crippen LogP contribution < -0.4 is 5.32 Å². The van der Waals surface area contributed by atoms with Gasteiger partial charge >= 0.3 is 15.6 Å². The standard InChI is InChI=1S/C66H129NO21P2/c1-7-11-15-19-22-23-24-25-26-27-28-29-30-34-38-42-58(68)67-59-62(80-46-43-55(77-6)41-37-33-18-14-10-4)61(88-90(73,74)75)57(53-76-5)87-65(59)84-54-56-60(69)63(81-49-47-78-44-39-35-31-20-16-12-8-2)64(66(86-56)83-51-52-85-89(70,71)72)82-50-48-79-45-40-36-32-21-17-13-9-3/h25-26,55-57,59-66,69H,7-24,27-54H2,1-6H3,(H,67,68)(H2,70,71,72)(H2,73,74,75)/b26-25+/t55-,56-,57-,59-,60-,61-,62-,63+,64-,65-,66+/m1/s1. The van der Waals surface area contributed by atoms with Crippen LogP contribution in [0.15, 0.2) is 12.2 Å². The van der Waals surface area contributed by atoms with Crippen LogP contribution in [0.3, 0.4) is 0 Å². The Hall–Kier alpha value is -1.05. The van der Waals surface area contributed by atoms with Crippen LogP contribution in [0, 0.1) is 0 Å². The van der Waals surface area contributed by atoms with Gasteiger partial charge < -0.3 is 82.1 Å². The van der Waals surface area contributed by atoms with E-state index in [0.29, 0.717) is 26.1 Å². The van der Waals surface area contributed by atoms with Crippen LogP contribution >= 0.6 is 15.6 Å². The Balaban J connectivity index is 2.45. The Morgan fingerprint density at radius 2 is 0.944 bits per heavy atom. The Morgan fingerprint density at radius 3 is 1.47 bits per heavy atom. The fourth-order valence-electron chi connectivity index (χ4n) is 11.3. The second kappa shape index (κ2) is 56.0. The van der Waals surface area contributed by atoms with E-state index >= 15 is 0 Å². The predicted octanol–water partition coefficient (Wildman–Crippen LogP) is 13.0. The molecule has 0 aromatic heterocycles. The molecule has 2 aliphatic heterocycles. The molecule has 2 heterocycles. The van der Waals surface area contributed by atoms with Gasteiger partial charge in [-0.2, -0.15) is 0 Å². The Labute approximate surface area is 543 Å². The number of carbonyl (C=O) groups excluding carboxylic acids is 1. The number of allylic oxidation sites excluding steroid dienone is 2. The summed E-state index contributed by atoms with van der Waals surface area (Å²) in [5.41, 5.74) is 0. The Bertz CT molecular complexity index is 1780. The first-order valence-corrected chi connectivity index (χ1v) is 38.3. The van der Waals surface area contributed by atoms with Crippen LogP contribution in [0.5, 0.6) is 0 Å². The quantitative estimate of drug-likeness (QED) is 0.0187. The average Bonchev–Trinajstić information content (AvgIpc) is 0.859. The molecule has 11 atom stereocenters. The van der Waals surface area contributed by atoms with E-state index in [1.54, 1.807) is 7.11 Å². The van der Waals surface area contributed by atoms with Crippen molar-refractivity contribution in [3.05, 3.63) is 12.2 Å². The van der Waals surface area contributed by atoms with Crippen molar-refractivity contribution in [3.8, 4) is 0 Å². The van der Waals surface area contributed by atoms with Crippen LogP contribution in [-0.4, -0.2) is 185 Å². The van der Waals surface area contributed by atoms with Crippen molar-refractivity contribution in [3.63, 3.8) is 0 Å². The summed E-state index contributed by atoms with van der Waals surface area (Å²) in [6, 6.07) is -1.24. The molecule has 24 heteroatoms. The normalized spacial score (nSPS) is 22.9. The number of unbranched alkanes of at least 4 members (excludes halogenated alkanes) is 27. The minimum absolute atomic E-state index is 0.0481. The number of hydrogen-bond donors (Lipinski definition) is 6. The number of aliphatic hydroxyl groups excluding tert-OH is 1. The first-order valence-electron chi connectivity index (χ1n) is 35.2. The van der Waals surface area contributed by atoms with E-state index in [-0.39, 0.29) is 64.7 Å². The molecule has 0 unspecified atom stereocenters. The van der Waals surface area contributed by atoms with Crippen LogP contribution in [0.4, 0.5) is 0 Å². The fraction of sp³-hybridized carbons (Fsp3) is 0.955.